The molecule has 0 atom stereocenters. The zero-order chi connectivity index (χ0) is 8.91. The second kappa shape index (κ2) is 4.50. The Kier molecular flexibility index (Phi) is 4.34. The summed E-state index contributed by atoms with van der Waals surface area (Å²) in [4.78, 5) is 0. The molecular weight excluding hydrogens is 136 g/mol. The third kappa shape index (κ3) is 3.02. The van der Waals surface area contributed by atoms with Crippen LogP contribution in [-0.4, -0.2) is 30.5 Å². The van der Waals surface area contributed by atoms with Crippen molar-refractivity contribution in [1.29, 1.82) is 5.41 Å². The van der Waals surface area contributed by atoms with E-state index in [1.165, 1.54) is 0 Å². The molecular formula is C9H21N2+. The molecule has 0 heterocycles. The lowest BCUT2D eigenvalue weighted by atomic mass is 10.3. The van der Waals surface area contributed by atoms with E-state index in [2.05, 4.69) is 20.9 Å². The van der Waals surface area contributed by atoms with Crippen molar-refractivity contribution in [2.75, 3.05) is 20.1 Å². The first-order valence-electron chi connectivity index (χ1n) is 4.47. The van der Waals surface area contributed by atoms with Gasteiger partial charge in [0.2, 0.25) is 0 Å². The first-order chi connectivity index (χ1) is 5.06. The summed E-state index contributed by atoms with van der Waals surface area (Å²) >= 11 is 0. The largest absolute Gasteiger partial charge is 0.282 e. The number of amidine groups is 1. The fraction of sp³-hybridized carbons (Fsp3) is 0.889. The average Bonchev–Trinajstić information content (AvgIpc) is 1.88. The first kappa shape index (κ1) is 10.6. The molecule has 0 aliphatic heterocycles. The Hall–Kier alpha value is -0.370. The monoisotopic (exact) mass is 157 g/mol. The van der Waals surface area contributed by atoms with Crippen molar-refractivity contribution in [1.82, 2.24) is 0 Å². The molecule has 0 aliphatic carbocycles. The van der Waals surface area contributed by atoms with Crippen molar-refractivity contribution in [3.05, 3.63) is 0 Å². The van der Waals surface area contributed by atoms with Crippen LogP contribution in [0, 0.1) is 5.41 Å². The molecule has 66 valence electrons. The molecule has 0 aromatic carbocycles. The maximum Gasteiger partial charge on any atom is 0.191 e. The minimum absolute atomic E-state index is 0.786. The van der Waals surface area contributed by atoms with Gasteiger partial charge in [0, 0.05) is 6.92 Å². The van der Waals surface area contributed by atoms with E-state index in [-0.39, 0.29) is 0 Å². The molecule has 0 aromatic rings. The van der Waals surface area contributed by atoms with Gasteiger partial charge in [-0.3, -0.25) is 9.89 Å². The first-order valence-corrected chi connectivity index (χ1v) is 4.47. The van der Waals surface area contributed by atoms with E-state index in [1.807, 2.05) is 6.92 Å². The number of nitrogens with zero attached hydrogens (tertiary/aromatic N) is 1. The standard InChI is InChI=1S/C9H21N2/c1-5-7-11(4,8-6-2)9(3)10/h10H,5-8H2,1-4H3/q+1. The molecule has 0 fully saturated rings. The van der Waals surface area contributed by atoms with Crippen LogP contribution in [-0.2, 0) is 0 Å². The predicted octanol–water partition coefficient (Wildman–Crippen LogP) is 2.25. The van der Waals surface area contributed by atoms with Gasteiger partial charge in [0.1, 0.15) is 0 Å². The lowest BCUT2D eigenvalue weighted by molar-refractivity contribution is -0.822. The van der Waals surface area contributed by atoms with Crippen LogP contribution < -0.4 is 0 Å². The summed E-state index contributed by atoms with van der Waals surface area (Å²) in [5.41, 5.74) is 0. The van der Waals surface area contributed by atoms with Crippen LogP contribution in [0.4, 0.5) is 0 Å². The minimum Gasteiger partial charge on any atom is -0.282 e. The van der Waals surface area contributed by atoms with Gasteiger partial charge in [-0.15, -0.1) is 0 Å². The van der Waals surface area contributed by atoms with Crippen LogP contribution in [0.25, 0.3) is 0 Å². The average molecular weight is 157 g/mol. The summed E-state index contributed by atoms with van der Waals surface area (Å²) < 4.78 is 0.826. The van der Waals surface area contributed by atoms with E-state index in [4.69, 9.17) is 5.41 Å². The molecule has 0 saturated heterocycles. The maximum atomic E-state index is 7.63. The van der Waals surface area contributed by atoms with Gasteiger partial charge in [-0.05, 0) is 12.8 Å². The Balaban J connectivity index is 4.13. The highest BCUT2D eigenvalue weighted by atomic mass is 15.3. The van der Waals surface area contributed by atoms with E-state index in [9.17, 15) is 0 Å². The third-order valence-corrected chi connectivity index (χ3v) is 2.24. The Bertz CT molecular complexity index is 124. The van der Waals surface area contributed by atoms with Crippen molar-refractivity contribution < 1.29 is 4.48 Å². The van der Waals surface area contributed by atoms with Crippen LogP contribution in [0.3, 0.4) is 0 Å². The minimum atomic E-state index is 0.786. The zero-order valence-electron chi connectivity index (χ0n) is 8.28. The SMILES string of the molecule is CCC[N+](C)(CCC)C(C)=N. The number of quaternary nitrogens is 1. The highest BCUT2D eigenvalue weighted by Crippen LogP contribution is 2.06. The van der Waals surface area contributed by atoms with Crippen molar-refractivity contribution >= 4 is 5.84 Å². The lowest BCUT2D eigenvalue weighted by Gasteiger charge is -2.32. The van der Waals surface area contributed by atoms with Crippen molar-refractivity contribution in [2.45, 2.75) is 33.6 Å². The van der Waals surface area contributed by atoms with Gasteiger partial charge in [0.15, 0.2) is 5.84 Å². The van der Waals surface area contributed by atoms with Crippen molar-refractivity contribution in [3.8, 4) is 0 Å². The number of nitrogens with one attached hydrogen (secondary N) is 1. The van der Waals surface area contributed by atoms with Gasteiger partial charge in [-0.25, -0.2) is 0 Å². The quantitative estimate of drug-likeness (QED) is 0.368. The number of hydrogen-bond donors (Lipinski definition) is 1. The molecule has 1 N–H and O–H groups in total. The molecule has 2 heteroatoms. The van der Waals surface area contributed by atoms with E-state index in [0.717, 1.165) is 36.2 Å². The summed E-state index contributed by atoms with van der Waals surface area (Å²) in [5.74, 6) is 0.786. The summed E-state index contributed by atoms with van der Waals surface area (Å²) in [5, 5.41) is 7.63. The molecule has 2 nitrogen and oxygen atoms in total. The highest BCUT2D eigenvalue weighted by molar-refractivity contribution is 5.68. The van der Waals surface area contributed by atoms with Crippen LogP contribution in [0.5, 0.6) is 0 Å². The van der Waals surface area contributed by atoms with Crippen LogP contribution in [0.2, 0.25) is 0 Å². The zero-order valence-corrected chi connectivity index (χ0v) is 8.28. The van der Waals surface area contributed by atoms with Crippen LogP contribution >= 0.6 is 0 Å². The molecule has 0 aromatic heterocycles. The molecule has 0 spiro atoms. The van der Waals surface area contributed by atoms with E-state index >= 15 is 0 Å². The normalized spacial score (nSPS) is 11.6. The molecule has 0 radical (unpaired) electrons. The van der Waals surface area contributed by atoms with E-state index in [0.29, 0.717) is 0 Å². The van der Waals surface area contributed by atoms with Gasteiger partial charge in [-0.1, -0.05) is 13.8 Å². The van der Waals surface area contributed by atoms with E-state index < -0.39 is 0 Å². The van der Waals surface area contributed by atoms with Gasteiger partial charge in [-0.2, -0.15) is 0 Å². The number of rotatable bonds is 4. The van der Waals surface area contributed by atoms with Gasteiger partial charge < -0.3 is 0 Å². The Labute approximate surface area is 70.3 Å². The maximum absolute atomic E-state index is 7.63. The summed E-state index contributed by atoms with van der Waals surface area (Å²) in [6.07, 6.45) is 2.32. The van der Waals surface area contributed by atoms with Crippen molar-refractivity contribution in [2.24, 2.45) is 0 Å². The molecule has 0 bridgehead atoms. The second-order valence-electron chi connectivity index (χ2n) is 3.43. The smallest absolute Gasteiger partial charge is 0.191 e. The summed E-state index contributed by atoms with van der Waals surface area (Å²) in [7, 11) is 2.15. The Morgan fingerprint density at radius 3 is 1.73 bits per heavy atom. The summed E-state index contributed by atoms with van der Waals surface area (Å²) in [6.45, 7) is 8.46. The van der Waals surface area contributed by atoms with Gasteiger partial charge in [0.05, 0.1) is 20.1 Å². The third-order valence-electron chi connectivity index (χ3n) is 2.24. The Morgan fingerprint density at radius 1 is 1.18 bits per heavy atom. The lowest BCUT2D eigenvalue weighted by Crippen LogP contribution is -2.48. The van der Waals surface area contributed by atoms with Crippen molar-refractivity contribution in [3.63, 3.8) is 0 Å². The number of hydrogen-bond acceptors (Lipinski definition) is 1. The predicted molar refractivity (Wildman–Crippen MR) is 49.9 cm³/mol. The van der Waals surface area contributed by atoms with Gasteiger partial charge in [0.25, 0.3) is 0 Å². The summed E-state index contributed by atoms with van der Waals surface area (Å²) in [6, 6.07) is 0. The van der Waals surface area contributed by atoms with Crippen LogP contribution in [0.15, 0.2) is 0 Å². The Morgan fingerprint density at radius 2 is 1.55 bits per heavy atom. The van der Waals surface area contributed by atoms with Gasteiger partial charge >= 0.3 is 0 Å². The second-order valence-corrected chi connectivity index (χ2v) is 3.43. The molecule has 0 rings (SSSR count). The fourth-order valence-electron chi connectivity index (χ4n) is 1.43. The fourth-order valence-corrected chi connectivity index (χ4v) is 1.43. The molecule has 0 aliphatic rings. The van der Waals surface area contributed by atoms with Crippen LogP contribution in [0.1, 0.15) is 33.6 Å². The van der Waals surface area contributed by atoms with E-state index in [1.54, 1.807) is 0 Å². The topological polar surface area (TPSA) is 23.9 Å². The molecule has 0 amide bonds. The molecule has 0 saturated carbocycles. The molecule has 11 heavy (non-hydrogen) atoms. The molecule has 0 unspecified atom stereocenters. The highest BCUT2D eigenvalue weighted by Gasteiger charge is 2.21.